The van der Waals surface area contributed by atoms with Gasteiger partial charge in [-0.2, -0.15) is 0 Å². The molecule has 0 bridgehead atoms. The number of carbonyl (C=O) groups excluding carboxylic acids is 1. The van der Waals surface area contributed by atoms with Crippen LogP contribution in [0.1, 0.15) is 16.8 Å². The molecule has 2 aromatic rings. The topological polar surface area (TPSA) is 96.5 Å². The van der Waals surface area contributed by atoms with Crippen LogP contribution >= 0.6 is 0 Å². The molecule has 21 heavy (non-hydrogen) atoms. The molecule has 0 radical (unpaired) electrons. The Morgan fingerprint density at radius 2 is 2.14 bits per heavy atom. The lowest BCUT2D eigenvalue weighted by Gasteiger charge is -2.20. The summed E-state index contributed by atoms with van der Waals surface area (Å²) in [5.41, 5.74) is 5.79. The van der Waals surface area contributed by atoms with Crippen molar-refractivity contribution in [2.45, 2.75) is 12.0 Å². The number of benzene rings is 1. The van der Waals surface area contributed by atoms with Gasteiger partial charge in [0.1, 0.15) is 5.54 Å². The van der Waals surface area contributed by atoms with E-state index in [-0.39, 0.29) is 18.9 Å². The molecule has 0 spiro atoms. The first-order valence-electron chi connectivity index (χ1n) is 6.66. The monoisotopic (exact) mass is 285 g/mol. The maximum atomic E-state index is 12.5. The minimum atomic E-state index is -1.34. The highest BCUT2D eigenvalue weighted by Gasteiger charge is 2.43. The van der Waals surface area contributed by atoms with Crippen molar-refractivity contribution in [3.05, 3.63) is 42.1 Å². The number of carboxylic acids is 1. The van der Waals surface area contributed by atoms with E-state index in [4.69, 9.17) is 10.8 Å². The third-order valence-electron chi connectivity index (χ3n) is 3.86. The van der Waals surface area contributed by atoms with Crippen LogP contribution in [0.3, 0.4) is 0 Å². The molecule has 1 fully saturated rings. The average Bonchev–Trinajstić information content (AvgIpc) is 2.90. The van der Waals surface area contributed by atoms with Crippen molar-refractivity contribution in [1.29, 1.82) is 0 Å². The maximum Gasteiger partial charge on any atom is 0.325 e. The van der Waals surface area contributed by atoms with E-state index in [0.29, 0.717) is 12.1 Å². The minimum absolute atomic E-state index is 0.0340. The summed E-state index contributed by atoms with van der Waals surface area (Å²) in [5.74, 6) is -1.27. The normalized spacial score (nSPS) is 21.7. The summed E-state index contributed by atoms with van der Waals surface area (Å²) < 4.78 is 0. The van der Waals surface area contributed by atoms with E-state index in [9.17, 15) is 9.59 Å². The van der Waals surface area contributed by atoms with E-state index >= 15 is 0 Å². The fourth-order valence-electron chi connectivity index (χ4n) is 2.57. The van der Waals surface area contributed by atoms with E-state index in [1.807, 2.05) is 12.1 Å². The molecular formula is C15H15N3O3. The van der Waals surface area contributed by atoms with Crippen molar-refractivity contribution < 1.29 is 14.7 Å². The third-order valence-corrected chi connectivity index (χ3v) is 3.86. The highest BCUT2D eigenvalue weighted by atomic mass is 16.4. The van der Waals surface area contributed by atoms with Crippen molar-refractivity contribution in [3.8, 4) is 0 Å². The second kappa shape index (κ2) is 4.82. The zero-order chi connectivity index (χ0) is 15.0. The Morgan fingerprint density at radius 3 is 2.86 bits per heavy atom. The first-order valence-corrected chi connectivity index (χ1v) is 6.66. The van der Waals surface area contributed by atoms with E-state index < -0.39 is 11.5 Å². The van der Waals surface area contributed by atoms with E-state index in [1.165, 1.54) is 4.90 Å². The lowest BCUT2D eigenvalue weighted by Crippen LogP contribution is -2.50. The van der Waals surface area contributed by atoms with Gasteiger partial charge in [0.2, 0.25) is 0 Å². The number of rotatable bonds is 2. The second-order valence-electron chi connectivity index (χ2n) is 5.35. The summed E-state index contributed by atoms with van der Waals surface area (Å²) in [6.07, 6.45) is 1.96. The van der Waals surface area contributed by atoms with Crippen LogP contribution in [-0.4, -0.2) is 45.5 Å². The lowest BCUT2D eigenvalue weighted by molar-refractivity contribution is -0.142. The Balaban J connectivity index is 1.86. The molecule has 1 atom stereocenters. The first kappa shape index (κ1) is 13.5. The summed E-state index contributed by atoms with van der Waals surface area (Å²) in [6, 6.07) is 8.94. The van der Waals surface area contributed by atoms with Gasteiger partial charge in [0.05, 0.1) is 5.52 Å². The van der Waals surface area contributed by atoms with Crippen LogP contribution in [0, 0.1) is 0 Å². The number of aromatic nitrogens is 1. The lowest BCUT2D eigenvalue weighted by atomic mass is 10.0. The van der Waals surface area contributed by atoms with Gasteiger partial charge in [0.15, 0.2) is 0 Å². The molecule has 6 heteroatoms. The Hall–Kier alpha value is -2.47. The average molecular weight is 285 g/mol. The van der Waals surface area contributed by atoms with Crippen molar-refractivity contribution in [3.63, 3.8) is 0 Å². The van der Waals surface area contributed by atoms with Gasteiger partial charge < -0.3 is 15.7 Å². The molecule has 2 heterocycles. The number of carbonyl (C=O) groups is 2. The predicted molar refractivity (Wildman–Crippen MR) is 76.8 cm³/mol. The molecule has 1 aromatic heterocycles. The number of amides is 1. The highest BCUT2D eigenvalue weighted by molar-refractivity contribution is 5.98. The fraction of sp³-hybridized carbons (Fsp3) is 0.267. The molecule has 1 unspecified atom stereocenters. The summed E-state index contributed by atoms with van der Waals surface area (Å²) in [6.45, 7) is 0.388. The Kier molecular flexibility index (Phi) is 3.10. The number of pyridine rings is 1. The number of fused-ring (bicyclic) bond motifs is 1. The molecule has 1 amide bonds. The molecule has 1 aliphatic rings. The number of nitrogens with zero attached hydrogens (tertiary/aromatic N) is 2. The molecule has 1 aromatic carbocycles. The molecule has 3 N–H and O–H groups in total. The van der Waals surface area contributed by atoms with Gasteiger partial charge in [-0.3, -0.25) is 14.6 Å². The molecule has 1 saturated heterocycles. The number of hydrogen-bond donors (Lipinski definition) is 2. The quantitative estimate of drug-likeness (QED) is 0.853. The van der Waals surface area contributed by atoms with Gasteiger partial charge in [0.25, 0.3) is 5.91 Å². The van der Waals surface area contributed by atoms with Crippen molar-refractivity contribution >= 4 is 22.8 Å². The van der Waals surface area contributed by atoms with Gasteiger partial charge in [-0.25, -0.2) is 0 Å². The van der Waals surface area contributed by atoms with Crippen LogP contribution in [0.15, 0.2) is 36.5 Å². The van der Waals surface area contributed by atoms with E-state index in [2.05, 4.69) is 4.98 Å². The Bertz CT molecular complexity index is 731. The van der Waals surface area contributed by atoms with E-state index in [1.54, 1.807) is 24.4 Å². The summed E-state index contributed by atoms with van der Waals surface area (Å²) in [5, 5.41) is 9.99. The molecule has 6 nitrogen and oxygen atoms in total. The Morgan fingerprint density at radius 1 is 1.33 bits per heavy atom. The van der Waals surface area contributed by atoms with Crippen molar-refractivity contribution in [2.24, 2.45) is 5.73 Å². The number of carboxylic acid groups (broad SMARTS) is 1. The summed E-state index contributed by atoms with van der Waals surface area (Å²) >= 11 is 0. The van der Waals surface area contributed by atoms with Gasteiger partial charge >= 0.3 is 5.97 Å². The van der Waals surface area contributed by atoms with E-state index in [0.717, 1.165) is 10.9 Å². The number of likely N-dealkylation sites (tertiary alicyclic amines) is 1. The number of aliphatic carboxylic acids is 1. The number of hydrogen-bond acceptors (Lipinski definition) is 4. The van der Waals surface area contributed by atoms with Crippen LogP contribution in [-0.2, 0) is 4.79 Å². The standard InChI is InChI=1S/C15H15N3O3/c16-15(14(20)21)5-7-18(9-15)13(19)11-3-4-12-10(8-11)2-1-6-17-12/h1-4,6,8H,5,7,9,16H2,(H,20,21). The van der Waals surface area contributed by atoms with Crippen molar-refractivity contribution in [1.82, 2.24) is 9.88 Å². The molecular weight excluding hydrogens is 270 g/mol. The van der Waals surface area contributed by atoms with Crippen LogP contribution in [0.2, 0.25) is 0 Å². The van der Waals surface area contributed by atoms with Crippen LogP contribution in [0.5, 0.6) is 0 Å². The van der Waals surface area contributed by atoms with Gasteiger partial charge in [0, 0.05) is 30.2 Å². The minimum Gasteiger partial charge on any atom is -0.480 e. The summed E-state index contributed by atoms with van der Waals surface area (Å²) in [7, 11) is 0. The van der Waals surface area contributed by atoms with Crippen LogP contribution in [0.4, 0.5) is 0 Å². The summed E-state index contributed by atoms with van der Waals surface area (Å²) in [4.78, 5) is 29.3. The van der Waals surface area contributed by atoms with Crippen LogP contribution < -0.4 is 5.73 Å². The molecule has 0 aliphatic carbocycles. The van der Waals surface area contributed by atoms with Crippen LogP contribution in [0.25, 0.3) is 10.9 Å². The smallest absolute Gasteiger partial charge is 0.325 e. The molecule has 0 saturated carbocycles. The second-order valence-corrected chi connectivity index (χ2v) is 5.35. The van der Waals surface area contributed by atoms with Gasteiger partial charge in [-0.15, -0.1) is 0 Å². The fourth-order valence-corrected chi connectivity index (χ4v) is 2.57. The molecule has 108 valence electrons. The molecule has 1 aliphatic heterocycles. The highest BCUT2D eigenvalue weighted by Crippen LogP contribution is 2.22. The van der Waals surface area contributed by atoms with Gasteiger partial charge in [-0.1, -0.05) is 6.07 Å². The van der Waals surface area contributed by atoms with Gasteiger partial charge in [-0.05, 0) is 30.7 Å². The van der Waals surface area contributed by atoms with Crippen molar-refractivity contribution in [2.75, 3.05) is 13.1 Å². The Labute approximate surface area is 121 Å². The third kappa shape index (κ3) is 2.34. The maximum absolute atomic E-state index is 12.5. The first-order chi connectivity index (χ1) is 9.99. The zero-order valence-electron chi connectivity index (χ0n) is 11.3. The number of nitrogens with two attached hydrogens (primary N) is 1. The SMILES string of the molecule is NC1(C(=O)O)CCN(C(=O)c2ccc3ncccc3c2)C1. The largest absolute Gasteiger partial charge is 0.480 e. The zero-order valence-corrected chi connectivity index (χ0v) is 11.3. The molecule has 3 rings (SSSR count). The predicted octanol–water partition coefficient (Wildman–Crippen LogP) is 0.863.